The van der Waals surface area contributed by atoms with Crippen LogP contribution in [0.15, 0.2) is 29.2 Å². The summed E-state index contributed by atoms with van der Waals surface area (Å²) in [7, 11) is 0. The average Bonchev–Trinajstić information content (AvgIpc) is 3.15. The molecule has 2 aromatic rings. The second kappa shape index (κ2) is 6.00. The molecule has 2 aliphatic heterocycles. The minimum absolute atomic E-state index is 0.0775. The van der Waals surface area contributed by atoms with Gasteiger partial charge in [0.05, 0.1) is 25.0 Å². The maximum atomic E-state index is 12.7. The van der Waals surface area contributed by atoms with Gasteiger partial charge >= 0.3 is 0 Å². The zero-order valence-electron chi connectivity index (χ0n) is 12.8. The Morgan fingerprint density at radius 1 is 1.22 bits per heavy atom. The maximum absolute atomic E-state index is 12.7. The summed E-state index contributed by atoms with van der Waals surface area (Å²) in [6.45, 7) is 3.57. The van der Waals surface area contributed by atoms with Gasteiger partial charge in [0.1, 0.15) is 12.1 Å². The van der Waals surface area contributed by atoms with Crippen molar-refractivity contribution in [1.29, 1.82) is 0 Å². The minimum atomic E-state index is -0.0775. The van der Waals surface area contributed by atoms with E-state index in [-0.39, 0.29) is 5.91 Å². The van der Waals surface area contributed by atoms with E-state index in [0.29, 0.717) is 31.3 Å². The Kier molecular flexibility index (Phi) is 3.70. The van der Waals surface area contributed by atoms with Gasteiger partial charge in [-0.3, -0.25) is 9.69 Å². The average molecular weight is 314 g/mol. The zero-order valence-corrected chi connectivity index (χ0v) is 12.8. The Balaban J connectivity index is 1.66. The quantitative estimate of drug-likeness (QED) is 0.836. The Labute approximate surface area is 133 Å². The van der Waals surface area contributed by atoms with Gasteiger partial charge in [-0.15, -0.1) is 0 Å². The molecule has 0 N–H and O–H groups in total. The summed E-state index contributed by atoms with van der Waals surface area (Å²) >= 11 is 0. The van der Waals surface area contributed by atoms with Crippen LogP contribution in [0.3, 0.4) is 0 Å². The molecular formula is C16H18N4O3. The lowest BCUT2D eigenvalue weighted by Gasteiger charge is -2.31. The molecule has 0 bridgehead atoms. The van der Waals surface area contributed by atoms with E-state index in [0.717, 1.165) is 37.3 Å². The summed E-state index contributed by atoms with van der Waals surface area (Å²) in [6.07, 6.45) is 6.64. The predicted molar refractivity (Wildman–Crippen MR) is 83.8 cm³/mol. The second-order valence-corrected chi connectivity index (χ2v) is 5.69. The van der Waals surface area contributed by atoms with E-state index >= 15 is 0 Å². The molecule has 7 nitrogen and oxygen atoms in total. The van der Waals surface area contributed by atoms with E-state index in [4.69, 9.17) is 9.15 Å². The molecule has 1 fully saturated rings. The summed E-state index contributed by atoms with van der Waals surface area (Å²) < 4.78 is 10.4. The van der Waals surface area contributed by atoms with Crippen molar-refractivity contribution in [2.45, 2.75) is 12.8 Å². The first-order valence-corrected chi connectivity index (χ1v) is 7.85. The highest BCUT2D eigenvalue weighted by molar-refractivity contribution is 6.05. The third kappa shape index (κ3) is 2.68. The number of hydrogen-bond donors (Lipinski definition) is 0. The van der Waals surface area contributed by atoms with E-state index in [1.807, 2.05) is 6.20 Å². The lowest BCUT2D eigenvalue weighted by molar-refractivity contribution is 0.0983. The van der Waals surface area contributed by atoms with E-state index in [2.05, 4.69) is 14.9 Å². The summed E-state index contributed by atoms with van der Waals surface area (Å²) in [4.78, 5) is 25.7. The Hall–Kier alpha value is -2.41. The number of fused-ring (bicyclic) bond motifs is 1. The highest BCUT2D eigenvalue weighted by atomic mass is 16.5. The highest BCUT2D eigenvalue weighted by Gasteiger charge is 2.27. The molecule has 4 rings (SSSR count). The number of carbonyl (C=O) groups excluding carboxylic acids is 1. The van der Waals surface area contributed by atoms with Crippen molar-refractivity contribution in [2.75, 3.05) is 42.6 Å². The normalized spacial score (nSPS) is 17.9. The van der Waals surface area contributed by atoms with Gasteiger partial charge in [-0.25, -0.2) is 4.98 Å². The fourth-order valence-electron chi connectivity index (χ4n) is 2.99. The van der Waals surface area contributed by atoms with Gasteiger partial charge in [-0.1, -0.05) is 0 Å². The van der Waals surface area contributed by atoms with Crippen molar-refractivity contribution < 1.29 is 13.9 Å². The van der Waals surface area contributed by atoms with Crippen molar-refractivity contribution >= 4 is 17.7 Å². The van der Waals surface area contributed by atoms with Crippen molar-refractivity contribution in [1.82, 2.24) is 9.97 Å². The molecule has 120 valence electrons. The number of furan rings is 1. The summed E-state index contributed by atoms with van der Waals surface area (Å²) in [6, 6.07) is 1.68. The molecule has 0 saturated carbocycles. The van der Waals surface area contributed by atoms with Crippen LogP contribution in [-0.2, 0) is 11.2 Å². The molecule has 0 aromatic carbocycles. The van der Waals surface area contributed by atoms with Gasteiger partial charge in [-0.2, -0.15) is 4.98 Å². The Morgan fingerprint density at radius 3 is 2.87 bits per heavy atom. The zero-order chi connectivity index (χ0) is 15.6. The molecule has 7 heteroatoms. The third-order valence-corrected chi connectivity index (χ3v) is 4.22. The molecule has 0 unspecified atom stereocenters. The molecule has 0 atom stereocenters. The molecule has 1 saturated heterocycles. The van der Waals surface area contributed by atoms with Crippen LogP contribution < -0.4 is 9.80 Å². The summed E-state index contributed by atoms with van der Waals surface area (Å²) in [5.74, 6) is 1.31. The molecule has 1 amide bonds. The molecule has 0 radical (unpaired) electrons. The molecular weight excluding hydrogens is 296 g/mol. The molecule has 4 heterocycles. The standard InChI is InChI=1S/C16H18N4O3/c21-15(13-3-7-23-11-13)20-4-1-2-12-10-17-16(18-14(12)20)19-5-8-22-9-6-19/h3,7,10-11H,1-2,4-6,8-9H2. The van der Waals surface area contributed by atoms with Crippen LogP contribution in [0.1, 0.15) is 22.3 Å². The van der Waals surface area contributed by atoms with Crippen LogP contribution in [0.4, 0.5) is 11.8 Å². The smallest absolute Gasteiger partial charge is 0.262 e. The van der Waals surface area contributed by atoms with Crippen LogP contribution in [0.5, 0.6) is 0 Å². The topological polar surface area (TPSA) is 71.7 Å². The van der Waals surface area contributed by atoms with Crippen molar-refractivity contribution in [3.63, 3.8) is 0 Å². The molecule has 0 aliphatic carbocycles. The molecule has 0 spiro atoms. The summed E-state index contributed by atoms with van der Waals surface area (Å²) in [5.41, 5.74) is 1.56. The molecule has 23 heavy (non-hydrogen) atoms. The largest absolute Gasteiger partial charge is 0.472 e. The Bertz CT molecular complexity index is 695. The first kappa shape index (κ1) is 14.2. The van der Waals surface area contributed by atoms with Gasteiger partial charge in [0.2, 0.25) is 5.95 Å². The fourth-order valence-corrected chi connectivity index (χ4v) is 2.99. The number of aromatic nitrogens is 2. The van der Waals surface area contributed by atoms with Gasteiger partial charge in [-0.05, 0) is 18.9 Å². The van der Waals surface area contributed by atoms with Gasteiger partial charge < -0.3 is 14.1 Å². The number of amides is 1. The number of nitrogens with zero attached hydrogens (tertiary/aromatic N) is 4. The van der Waals surface area contributed by atoms with Gasteiger partial charge in [0, 0.05) is 31.4 Å². The van der Waals surface area contributed by atoms with E-state index in [9.17, 15) is 4.79 Å². The van der Waals surface area contributed by atoms with Crippen molar-refractivity contribution in [3.05, 3.63) is 35.9 Å². The van der Waals surface area contributed by atoms with Crippen LogP contribution in [0.25, 0.3) is 0 Å². The SMILES string of the molecule is O=C(c1ccoc1)N1CCCc2cnc(N3CCOCC3)nc21. The number of carbonyl (C=O) groups is 1. The van der Waals surface area contributed by atoms with Crippen molar-refractivity contribution in [2.24, 2.45) is 0 Å². The van der Waals surface area contributed by atoms with E-state index < -0.39 is 0 Å². The van der Waals surface area contributed by atoms with Gasteiger partial charge in [0.15, 0.2) is 0 Å². The van der Waals surface area contributed by atoms with Crippen LogP contribution in [-0.4, -0.2) is 48.7 Å². The third-order valence-electron chi connectivity index (χ3n) is 4.22. The second-order valence-electron chi connectivity index (χ2n) is 5.69. The minimum Gasteiger partial charge on any atom is -0.472 e. The first-order chi connectivity index (χ1) is 11.3. The van der Waals surface area contributed by atoms with Gasteiger partial charge in [0.25, 0.3) is 5.91 Å². The number of morpholine rings is 1. The molecule has 2 aliphatic rings. The van der Waals surface area contributed by atoms with Crippen LogP contribution in [0.2, 0.25) is 0 Å². The predicted octanol–water partition coefficient (Wildman–Crippen LogP) is 1.50. The fraction of sp³-hybridized carbons (Fsp3) is 0.438. The highest BCUT2D eigenvalue weighted by Crippen LogP contribution is 2.28. The van der Waals surface area contributed by atoms with Crippen LogP contribution in [0, 0.1) is 0 Å². The van der Waals surface area contributed by atoms with E-state index in [1.54, 1.807) is 11.0 Å². The lowest BCUT2D eigenvalue weighted by atomic mass is 10.1. The first-order valence-electron chi connectivity index (χ1n) is 7.85. The molecule has 2 aromatic heterocycles. The monoisotopic (exact) mass is 314 g/mol. The van der Waals surface area contributed by atoms with Crippen LogP contribution >= 0.6 is 0 Å². The van der Waals surface area contributed by atoms with Crippen molar-refractivity contribution in [3.8, 4) is 0 Å². The number of ether oxygens (including phenoxy) is 1. The number of hydrogen-bond acceptors (Lipinski definition) is 6. The number of anilines is 2. The lowest BCUT2D eigenvalue weighted by Crippen LogP contribution is -2.39. The number of aryl methyl sites for hydroxylation is 1. The maximum Gasteiger partial charge on any atom is 0.262 e. The summed E-state index contributed by atoms with van der Waals surface area (Å²) in [5, 5.41) is 0. The number of rotatable bonds is 2. The Morgan fingerprint density at radius 2 is 2.09 bits per heavy atom. The van der Waals surface area contributed by atoms with E-state index in [1.165, 1.54) is 12.5 Å².